The Hall–Kier alpha value is -3.26. The number of esters is 1. The molecule has 0 aliphatic rings. The Bertz CT molecular complexity index is 1060. The van der Waals surface area contributed by atoms with Gasteiger partial charge in [-0.1, -0.05) is 18.3 Å². The van der Waals surface area contributed by atoms with Crippen molar-refractivity contribution in [2.24, 2.45) is 0 Å². The summed E-state index contributed by atoms with van der Waals surface area (Å²) in [4.78, 5) is 40.6. The summed E-state index contributed by atoms with van der Waals surface area (Å²) in [5.41, 5.74) is 2.02. The van der Waals surface area contributed by atoms with Crippen molar-refractivity contribution >= 4 is 44.5 Å². The van der Waals surface area contributed by atoms with Crippen LogP contribution in [-0.4, -0.2) is 35.9 Å². The molecule has 8 heteroatoms. The maximum Gasteiger partial charge on any atom is 0.337 e. The number of ether oxygens (including phenoxy) is 1. The lowest BCUT2D eigenvalue weighted by molar-refractivity contribution is 0.0600. The van der Waals surface area contributed by atoms with E-state index in [1.165, 1.54) is 30.6 Å². The van der Waals surface area contributed by atoms with Crippen LogP contribution in [-0.2, 0) is 4.74 Å². The summed E-state index contributed by atoms with van der Waals surface area (Å²) >= 11 is 1.29. The lowest BCUT2D eigenvalue weighted by atomic mass is 10.1. The van der Waals surface area contributed by atoms with E-state index in [9.17, 15) is 14.4 Å². The van der Waals surface area contributed by atoms with Crippen molar-refractivity contribution in [3.8, 4) is 0 Å². The molecule has 0 aliphatic carbocycles. The van der Waals surface area contributed by atoms with E-state index in [1.807, 2.05) is 13.8 Å². The molecule has 3 rings (SSSR count). The van der Waals surface area contributed by atoms with E-state index in [4.69, 9.17) is 0 Å². The van der Waals surface area contributed by atoms with Gasteiger partial charge in [-0.25, -0.2) is 9.78 Å². The first-order valence-electron chi connectivity index (χ1n) is 9.12. The molecule has 2 amide bonds. The molecule has 1 aromatic heterocycles. The highest BCUT2D eigenvalue weighted by Gasteiger charge is 2.14. The summed E-state index contributed by atoms with van der Waals surface area (Å²) in [6.45, 7) is 3.96. The number of hydrogen-bond donors (Lipinski definition) is 2. The van der Waals surface area contributed by atoms with Gasteiger partial charge in [0.1, 0.15) is 0 Å². The van der Waals surface area contributed by atoms with Gasteiger partial charge in [0.05, 0.1) is 22.9 Å². The summed E-state index contributed by atoms with van der Waals surface area (Å²) in [5, 5.41) is 6.11. The van der Waals surface area contributed by atoms with Gasteiger partial charge < -0.3 is 10.1 Å². The number of thiazole rings is 1. The largest absolute Gasteiger partial charge is 0.465 e. The lowest BCUT2D eigenvalue weighted by Gasteiger charge is -2.10. The predicted molar refractivity (Wildman–Crippen MR) is 113 cm³/mol. The molecule has 1 atom stereocenters. The van der Waals surface area contributed by atoms with Crippen molar-refractivity contribution in [1.82, 2.24) is 10.3 Å². The van der Waals surface area contributed by atoms with E-state index in [1.54, 1.807) is 30.3 Å². The van der Waals surface area contributed by atoms with E-state index in [-0.39, 0.29) is 17.9 Å². The van der Waals surface area contributed by atoms with E-state index in [0.29, 0.717) is 27.3 Å². The molecule has 0 saturated heterocycles. The van der Waals surface area contributed by atoms with Gasteiger partial charge >= 0.3 is 5.97 Å². The van der Waals surface area contributed by atoms with Crippen LogP contribution in [0.2, 0.25) is 0 Å². The van der Waals surface area contributed by atoms with E-state index in [2.05, 4.69) is 20.4 Å². The summed E-state index contributed by atoms with van der Waals surface area (Å²) in [6.07, 6.45) is 0.853. The fraction of sp³-hybridized carbons (Fsp3) is 0.238. The molecular weight excluding hydrogens is 390 g/mol. The molecule has 0 unspecified atom stereocenters. The average molecular weight is 411 g/mol. The third-order valence-electron chi connectivity index (χ3n) is 4.43. The number of methoxy groups -OCH3 is 1. The zero-order valence-corrected chi connectivity index (χ0v) is 17.1. The summed E-state index contributed by atoms with van der Waals surface area (Å²) in [7, 11) is 1.30. The zero-order chi connectivity index (χ0) is 21.0. The predicted octanol–water partition coefficient (Wildman–Crippen LogP) is 3.86. The first-order valence-corrected chi connectivity index (χ1v) is 9.94. The van der Waals surface area contributed by atoms with Crippen LogP contribution in [0, 0.1) is 0 Å². The van der Waals surface area contributed by atoms with E-state index < -0.39 is 5.97 Å². The highest BCUT2D eigenvalue weighted by atomic mass is 32.1. The second kappa shape index (κ2) is 8.83. The molecule has 29 heavy (non-hydrogen) atoms. The number of aromatic nitrogens is 1. The highest BCUT2D eigenvalue weighted by molar-refractivity contribution is 7.22. The number of amides is 2. The molecule has 2 aromatic carbocycles. The summed E-state index contributed by atoms with van der Waals surface area (Å²) < 4.78 is 5.45. The smallest absolute Gasteiger partial charge is 0.337 e. The van der Waals surface area contributed by atoms with Crippen LogP contribution in [0.5, 0.6) is 0 Å². The Kier molecular flexibility index (Phi) is 6.23. The third kappa shape index (κ3) is 4.78. The average Bonchev–Trinajstić information content (AvgIpc) is 3.14. The monoisotopic (exact) mass is 411 g/mol. The number of carbonyl (C=O) groups is 3. The van der Waals surface area contributed by atoms with Gasteiger partial charge in [-0.2, -0.15) is 0 Å². The quantitative estimate of drug-likeness (QED) is 0.600. The highest BCUT2D eigenvalue weighted by Crippen LogP contribution is 2.27. The number of rotatable bonds is 6. The molecule has 1 heterocycles. The molecule has 7 nitrogen and oxygen atoms in total. The Labute approximate surface area is 172 Å². The molecule has 3 aromatic rings. The Balaban J connectivity index is 1.74. The van der Waals surface area contributed by atoms with Crippen LogP contribution in [0.15, 0.2) is 42.5 Å². The Morgan fingerprint density at radius 1 is 1.03 bits per heavy atom. The number of hydrogen-bond acceptors (Lipinski definition) is 6. The van der Waals surface area contributed by atoms with Crippen molar-refractivity contribution in [3.63, 3.8) is 0 Å². The summed E-state index contributed by atoms with van der Waals surface area (Å²) in [5.74, 6) is -0.933. The second-order valence-corrected chi connectivity index (χ2v) is 7.54. The van der Waals surface area contributed by atoms with Crippen LogP contribution in [0.25, 0.3) is 10.2 Å². The normalized spacial score (nSPS) is 11.7. The summed E-state index contributed by atoms with van der Waals surface area (Å²) in [6, 6.07) is 11.5. The minimum atomic E-state index is -0.462. The van der Waals surface area contributed by atoms with Crippen LogP contribution in [0.1, 0.15) is 51.3 Å². The molecule has 0 radical (unpaired) electrons. The van der Waals surface area contributed by atoms with Crippen LogP contribution < -0.4 is 10.6 Å². The van der Waals surface area contributed by atoms with Crippen LogP contribution in [0.4, 0.5) is 5.13 Å². The van der Waals surface area contributed by atoms with Crippen LogP contribution >= 0.6 is 11.3 Å². The van der Waals surface area contributed by atoms with Crippen molar-refractivity contribution in [3.05, 3.63) is 59.2 Å². The molecule has 0 aliphatic heterocycles. The van der Waals surface area contributed by atoms with Gasteiger partial charge in [0.25, 0.3) is 11.8 Å². The topological polar surface area (TPSA) is 97.4 Å². The van der Waals surface area contributed by atoms with E-state index >= 15 is 0 Å². The number of nitrogens with one attached hydrogen (secondary N) is 2. The van der Waals surface area contributed by atoms with Crippen molar-refractivity contribution < 1.29 is 19.1 Å². The Morgan fingerprint density at radius 3 is 2.34 bits per heavy atom. The number of fused-ring (bicyclic) bond motifs is 1. The first-order chi connectivity index (χ1) is 13.9. The fourth-order valence-corrected chi connectivity index (χ4v) is 3.47. The number of anilines is 1. The molecular formula is C21H21N3O4S. The van der Waals surface area contributed by atoms with Gasteiger partial charge in [0, 0.05) is 17.2 Å². The maximum atomic E-state index is 12.4. The van der Waals surface area contributed by atoms with Gasteiger partial charge in [0.15, 0.2) is 5.13 Å². The zero-order valence-electron chi connectivity index (χ0n) is 16.3. The van der Waals surface area contributed by atoms with Gasteiger partial charge in [-0.05, 0) is 55.8 Å². The molecule has 0 fully saturated rings. The minimum absolute atomic E-state index is 0.0973. The molecule has 0 spiro atoms. The third-order valence-corrected chi connectivity index (χ3v) is 5.36. The standard InChI is InChI=1S/C21H21N3O4S/c1-4-12(2)22-19(26)15-9-10-16-17(11-15)29-21(23-16)24-18(25)13-5-7-14(8-6-13)20(27)28-3/h5-12H,4H2,1-3H3,(H,22,26)(H,23,24,25)/t12-/m0/s1. The van der Waals surface area contributed by atoms with Crippen molar-refractivity contribution in [2.75, 3.05) is 12.4 Å². The van der Waals surface area contributed by atoms with Crippen LogP contribution in [0.3, 0.4) is 0 Å². The number of carbonyl (C=O) groups excluding carboxylic acids is 3. The van der Waals surface area contributed by atoms with Gasteiger partial charge in [-0.3, -0.25) is 14.9 Å². The van der Waals surface area contributed by atoms with Crippen molar-refractivity contribution in [2.45, 2.75) is 26.3 Å². The SMILES string of the molecule is CC[C@H](C)NC(=O)c1ccc2nc(NC(=O)c3ccc(C(=O)OC)cc3)sc2c1. The maximum absolute atomic E-state index is 12.4. The number of benzene rings is 2. The lowest BCUT2D eigenvalue weighted by Crippen LogP contribution is -2.31. The van der Waals surface area contributed by atoms with Crippen molar-refractivity contribution in [1.29, 1.82) is 0 Å². The number of nitrogens with zero attached hydrogens (tertiary/aromatic N) is 1. The minimum Gasteiger partial charge on any atom is -0.465 e. The van der Waals surface area contributed by atoms with Gasteiger partial charge in [0.2, 0.25) is 0 Å². The second-order valence-electron chi connectivity index (χ2n) is 6.51. The van der Waals surface area contributed by atoms with Gasteiger partial charge in [-0.15, -0.1) is 0 Å². The molecule has 0 saturated carbocycles. The first kappa shape index (κ1) is 20.5. The molecule has 150 valence electrons. The fourth-order valence-electron chi connectivity index (χ4n) is 2.57. The Morgan fingerprint density at radius 2 is 1.69 bits per heavy atom. The molecule has 0 bridgehead atoms. The molecule has 2 N–H and O–H groups in total. The van der Waals surface area contributed by atoms with E-state index in [0.717, 1.165) is 11.1 Å².